The maximum Gasteiger partial charge on any atom is 0.420 e. The third-order valence-corrected chi connectivity index (χ3v) is 6.93. The van der Waals surface area contributed by atoms with Crippen LogP contribution in [0.5, 0.6) is 0 Å². The molecule has 0 spiro atoms. The first-order valence-corrected chi connectivity index (χ1v) is 13.0. The smallest absolute Gasteiger partial charge is 0.420 e. The molecule has 1 aromatic carbocycles. The van der Waals surface area contributed by atoms with E-state index in [2.05, 4.69) is 15.3 Å². The Balaban J connectivity index is 1.60. The number of hydrogen-bond acceptors (Lipinski definition) is 6. The highest BCUT2D eigenvalue weighted by atomic mass is 16.6. The van der Waals surface area contributed by atoms with Gasteiger partial charge in [0.2, 0.25) is 0 Å². The number of aliphatic hydroxyl groups is 1. The Bertz CT molecular complexity index is 1330. The van der Waals surface area contributed by atoms with Crippen LogP contribution in [0.2, 0.25) is 0 Å². The summed E-state index contributed by atoms with van der Waals surface area (Å²) in [5, 5.41) is 18.5. The van der Waals surface area contributed by atoms with Crippen LogP contribution < -0.4 is 10.2 Å². The summed E-state index contributed by atoms with van der Waals surface area (Å²) < 4.78 is 7.48. The summed E-state index contributed by atoms with van der Waals surface area (Å²) in [6, 6.07) is 8.69. The zero-order chi connectivity index (χ0) is 26.2. The van der Waals surface area contributed by atoms with Crippen molar-refractivity contribution in [1.82, 2.24) is 14.6 Å². The minimum atomic E-state index is -0.722. The van der Waals surface area contributed by atoms with Crippen molar-refractivity contribution in [3.63, 3.8) is 0 Å². The molecule has 3 aromatic rings. The van der Waals surface area contributed by atoms with Gasteiger partial charge in [-0.3, -0.25) is 0 Å². The molecule has 0 aliphatic heterocycles. The molecule has 2 aliphatic carbocycles. The van der Waals surface area contributed by atoms with Gasteiger partial charge in [-0.25, -0.2) is 19.5 Å². The number of benzene rings is 1. The average molecular weight is 503 g/mol. The Morgan fingerprint density at radius 1 is 1.24 bits per heavy atom. The minimum Gasteiger partial charge on any atom is -0.443 e. The fraction of sp³-hybridized carbons (Fsp3) is 0.500. The van der Waals surface area contributed by atoms with Crippen LogP contribution in [0.15, 0.2) is 36.5 Å². The van der Waals surface area contributed by atoms with Crippen LogP contribution in [0.3, 0.4) is 0 Å². The topological polar surface area (TPSA) is 96.4 Å². The molecule has 2 aromatic heterocycles. The van der Waals surface area contributed by atoms with E-state index in [1.807, 2.05) is 27.0 Å². The number of anilines is 3. The van der Waals surface area contributed by atoms with E-state index >= 15 is 0 Å². The average Bonchev–Trinajstić information content (AvgIpc) is 3.61. The first-order chi connectivity index (χ1) is 17.7. The van der Waals surface area contributed by atoms with Crippen molar-refractivity contribution in [2.24, 2.45) is 5.92 Å². The predicted molar refractivity (Wildman–Crippen MR) is 142 cm³/mol. The number of carbonyl (C=O) groups excluding carboxylic acids is 1. The van der Waals surface area contributed by atoms with Gasteiger partial charge < -0.3 is 15.2 Å². The van der Waals surface area contributed by atoms with E-state index in [1.54, 1.807) is 34.8 Å². The highest BCUT2D eigenvalue weighted by Crippen LogP contribution is 2.43. The molecule has 2 aliphatic rings. The van der Waals surface area contributed by atoms with Crippen LogP contribution >= 0.6 is 0 Å². The molecule has 5 rings (SSSR count). The fourth-order valence-corrected chi connectivity index (χ4v) is 4.90. The first kappa shape index (κ1) is 25.0. The van der Waals surface area contributed by atoms with E-state index in [-0.39, 0.29) is 12.0 Å². The number of aliphatic hydroxyl groups excluding tert-OH is 1. The Labute approximate surface area is 217 Å². The molecule has 0 unspecified atom stereocenters. The Hall–Kier alpha value is -3.64. The van der Waals surface area contributed by atoms with E-state index in [9.17, 15) is 9.90 Å². The molecule has 2 saturated carbocycles. The van der Waals surface area contributed by atoms with Crippen LogP contribution in [0.25, 0.3) is 10.5 Å². The lowest BCUT2D eigenvalue weighted by Gasteiger charge is -2.29. The van der Waals surface area contributed by atoms with Crippen LogP contribution in [0, 0.1) is 12.5 Å². The number of nitrogens with one attached hydrogen (secondary N) is 1. The monoisotopic (exact) mass is 502 g/mol. The molecule has 9 heteroatoms. The van der Waals surface area contributed by atoms with Crippen molar-refractivity contribution in [3.05, 3.63) is 53.5 Å². The molecule has 0 bridgehead atoms. The third-order valence-electron chi connectivity index (χ3n) is 6.93. The van der Waals surface area contributed by atoms with E-state index in [0.29, 0.717) is 41.1 Å². The van der Waals surface area contributed by atoms with Crippen LogP contribution in [0.1, 0.15) is 70.8 Å². The lowest BCUT2D eigenvalue weighted by molar-refractivity contribution is 0.0597. The number of ether oxygens (including phenoxy) is 1. The molecular weight excluding hydrogens is 468 g/mol. The maximum atomic E-state index is 13.6. The Morgan fingerprint density at radius 2 is 2.03 bits per heavy atom. The van der Waals surface area contributed by atoms with Gasteiger partial charge in [0.15, 0.2) is 11.3 Å². The summed E-state index contributed by atoms with van der Waals surface area (Å²) in [5.41, 5.74) is 1.95. The van der Waals surface area contributed by atoms with Crippen molar-refractivity contribution in [3.8, 4) is 0 Å². The van der Waals surface area contributed by atoms with Gasteiger partial charge in [0, 0.05) is 29.8 Å². The highest BCUT2D eigenvalue weighted by Gasteiger charge is 2.32. The van der Waals surface area contributed by atoms with Gasteiger partial charge >= 0.3 is 6.09 Å². The van der Waals surface area contributed by atoms with Gasteiger partial charge in [0.05, 0.1) is 18.9 Å². The molecule has 0 saturated heterocycles. The zero-order valence-corrected chi connectivity index (χ0v) is 21.6. The van der Waals surface area contributed by atoms with Crippen molar-refractivity contribution < 1.29 is 14.6 Å². The SMILES string of the molecule is [C-]#[N+]c1cccc(N(C(=O)OC(C)(C)C)c2cc(NC[C@H]3CCCC[C@@H]3O)nc3c(C4CC4)cnn23)c1. The number of amides is 1. The maximum absolute atomic E-state index is 13.6. The van der Waals surface area contributed by atoms with Gasteiger partial charge in [-0.1, -0.05) is 25.0 Å². The first-order valence-electron chi connectivity index (χ1n) is 13.0. The molecule has 0 radical (unpaired) electrons. The zero-order valence-electron chi connectivity index (χ0n) is 21.6. The van der Waals surface area contributed by atoms with Gasteiger partial charge in [0.25, 0.3) is 0 Å². The quantitative estimate of drug-likeness (QED) is 0.390. The van der Waals surface area contributed by atoms with Crippen LogP contribution in [-0.4, -0.2) is 44.0 Å². The van der Waals surface area contributed by atoms with Crippen LogP contribution in [-0.2, 0) is 4.74 Å². The lowest BCUT2D eigenvalue weighted by atomic mass is 9.86. The molecule has 2 heterocycles. The number of aromatic nitrogens is 3. The molecule has 9 nitrogen and oxygen atoms in total. The molecular formula is C28H34N6O3. The molecule has 1 amide bonds. The van der Waals surface area contributed by atoms with Gasteiger partial charge in [-0.15, -0.1) is 0 Å². The fourth-order valence-electron chi connectivity index (χ4n) is 4.90. The highest BCUT2D eigenvalue weighted by molar-refractivity contribution is 5.96. The van der Waals surface area contributed by atoms with E-state index in [0.717, 1.165) is 44.1 Å². The van der Waals surface area contributed by atoms with Crippen molar-refractivity contribution in [2.45, 2.75) is 76.9 Å². The van der Waals surface area contributed by atoms with Crippen molar-refractivity contribution >= 4 is 34.8 Å². The normalized spacial score (nSPS) is 19.9. The predicted octanol–water partition coefficient (Wildman–Crippen LogP) is 6.19. The number of rotatable bonds is 6. The summed E-state index contributed by atoms with van der Waals surface area (Å²) >= 11 is 0. The molecule has 2 fully saturated rings. The minimum absolute atomic E-state index is 0.153. The standard InChI is InChI=1S/C28H34N6O3/c1-28(2,3)37-27(36)33(21-10-7-9-20(14-21)29-4)25-15-24(30-16-19-8-5-6-11-23(19)35)32-26-22(18-12-13-18)17-31-34(25)26/h7,9-10,14-15,17-19,23,35H,5-6,8,11-13,16H2,1-3H3,(H,30,32)/t19-,23+/m1/s1. The second-order valence-corrected chi connectivity index (χ2v) is 11.0. The Kier molecular flexibility index (Phi) is 6.78. The Morgan fingerprint density at radius 3 is 2.73 bits per heavy atom. The van der Waals surface area contributed by atoms with E-state index < -0.39 is 11.7 Å². The number of hydrogen-bond donors (Lipinski definition) is 2. The summed E-state index contributed by atoms with van der Waals surface area (Å²) in [6.45, 7) is 13.5. The second kappa shape index (κ2) is 10.0. The molecule has 2 atom stereocenters. The van der Waals surface area contributed by atoms with Crippen molar-refractivity contribution in [1.29, 1.82) is 0 Å². The molecule has 37 heavy (non-hydrogen) atoms. The summed E-state index contributed by atoms with van der Waals surface area (Å²) in [6.07, 6.45) is 7.08. The van der Waals surface area contributed by atoms with E-state index in [4.69, 9.17) is 16.3 Å². The molecule has 2 N–H and O–H groups in total. The van der Waals surface area contributed by atoms with E-state index in [1.165, 1.54) is 4.90 Å². The number of fused-ring (bicyclic) bond motifs is 1. The van der Waals surface area contributed by atoms with Gasteiger partial charge in [-0.05, 0) is 64.5 Å². The largest absolute Gasteiger partial charge is 0.443 e. The molecule has 194 valence electrons. The van der Waals surface area contributed by atoms with Gasteiger partial charge in [-0.2, -0.15) is 9.61 Å². The number of carbonyl (C=O) groups is 1. The van der Waals surface area contributed by atoms with Crippen molar-refractivity contribution in [2.75, 3.05) is 16.8 Å². The van der Waals surface area contributed by atoms with Crippen LogP contribution in [0.4, 0.5) is 27.8 Å². The summed E-state index contributed by atoms with van der Waals surface area (Å²) in [4.78, 5) is 23.5. The third kappa shape index (κ3) is 5.54. The summed E-state index contributed by atoms with van der Waals surface area (Å²) in [7, 11) is 0. The second-order valence-electron chi connectivity index (χ2n) is 11.0. The summed E-state index contributed by atoms with van der Waals surface area (Å²) in [5.74, 6) is 1.64. The number of nitrogens with zero attached hydrogens (tertiary/aromatic N) is 5. The van der Waals surface area contributed by atoms with Gasteiger partial charge in [0.1, 0.15) is 17.2 Å². The lowest BCUT2D eigenvalue weighted by Crippen LogP contribution is -2.35.